The summed E-state index contributed by atoms with van der Waals surface area (Å²) in [6.45, 7) is 15.0. The van der Waals surface area contributed by atoms with Crippen molar-refractivity contribution in [2.45, 2.75) is 98.1 Å². The molecular formula is C27H48N4O3. The van der Waals surface area contributed by atoms with Crippen LogP contribution in [0.25, 0.3) is 0 Å². The lowest BCUT2D eigenvalue weighted by atomic mass is 9.80. The number of rotatable bonds is 15. The van der Waals surface area contributed by atoms with E-state index in [1.54, 1.807) is 0 Å². The van der Waals surface area contributed by atoms with Gasteiger partial charge in [-0.2, -0.15) is 5.11 Å². The number of nitrogens with two attached hydrogens (primary N) is 1. The molecule has 0 aliphatic carbocycles. The van der Waals surface area contributed by atoms with Gasteiger partial charge in [0.2, 0.25) is 5.91 Å². The summed E-state index contributed by atoms with van der Waals surface area (Å²) in [6, 6.07) is 5.54. The number of unbranched alkanes of at least 4 members (excludes halogenated alkanes) is 1. The van der Waals surface area contributed by atoms with Crippen molar-refractivity contribution < 1.29 is 14.6 Å². The molecule has 0 bridgehead atoms. The van der Waals surface area contributed by atoms with Crippen LogP contribution in [0, 0.1) is 23.3 Å². The average molecular weight is 477 g/mol. The first-order chi connectivity index (χ1) is 15.9. The Morgan fingerprint density at radius 1 is 1.24 bits per heavy atom. The molecule has 1 amide bonds. The number of nitrogens with zero attached hydrogens (tertiary/aromatic N) is 1. The summed E-state index contributed by atoms with van der Waals surface area (Å²) in [6.07, 6.45) is 3.99. The van der Waals surface area contributed by atoms with Crippen LogP contribution in [0.15, 0.2) is 23.3 Å². The van der Waals surface area contributed by atoms with Gasteiger partial charge in [0.25, 0.3) is 0 Å². The third-order valence-corrected chi connectivity index (χ3v) is 6.62. The van der Waals surface area contributed by atoms with Gasteiger partial charge in [-0.25, -0.2) is 5.53 Å². The van der Waals surface area contributed by atoms with Crippen molar-refractivity contribution in [3.63, 3.8) is 0 Å². The fourth-order valence-electron chi connectivity index (χ4n) is 4.26. The molecule has 0 spiro atoms. The standard InChI is InChI=1S/C27H48N4O3/c1-8-9-12-30-26(33)19(4)13-23(28)24(31-29)16-21(18(2)3)14-20-10-11-22(27(5,6)7)25(15-20)34-17-32/h10-11,15,18-19,21,23-24,29,32H,8-9,12-14,16-17,28H2,1-7H3,(H,30,33)/t19?,21-,23-,24-/m0/s1. The zero-order valence-electron chi connectivity index (χ0n) is 22.4. The number of carbonyl (C=O) groups is 1. The molecule has 1 unspecified atom stereocenters. The van der Waals surface area contributed by atoms with E-state index < -0.39 is 0 Å². The van der Waals surface area contributed by atoms with Gasteiger partial charge < -0.3 is 20.9 Å². The first-order valence-corrected chi connectivity index (χ1v) is 12.7. The molecule has 0 aliphatic rings. The molecule has 0 saturated carbocycles. The Kier molecular flexibility index (Phi) is 12.7. The summed E-state index contributed by atoms with van der Waals surface area (Å²) in [5.41, 5.74) is 16.3. The summed E-state index contributed by atoms with van der Waals surface area (Å²) in [5.74, 6) is 1.15. The van der Waals surface area contributed by atoms with Gasteiger partial charge in [0.15, 0.2) is 6.79 Å². The molecule has 1 aromatic carbocycles. The number of ether oxygens (including phenoxy) is 1. The Balaban J connectivity index is 2.91. The Morgan fingerprint density at radius 2 is 1.91 bits per heavy atom. The van der Waals surface area contributed by atoms with Crippen molar-refractivity contribution in [1.29, 1.82) is 5.53 Å². The van der Waals surface area contributed by atoms with Crippen LogP contribution in [0.2, 0.25) is 0 Å². The quantitative estimate of drug-likeness (QED) is 0.158. The molecule has 0 radical (unpaired) electrons. The molecule has 5 N–H and O–H groups in total. The number of hydrogen-bond acceptors (Lipinski definition) is 6. The maximum Gasteiger partial charge on any atom is 0.222 e. The van der Waals surface area contributed by atoms with Crippen LogP contribution in [-0.4, -0.2) is 36.4 Å². The van der Waals surface area contributed by atoms with Gasteiger partial charge in [0, 0.05) is 18.5 Å². The second-order valence-corrected chi connectivity index (χ2v) is 10.9. The fraction of sp³-hybridized carbons (Fsp3) is 0.741. The minimum atomic E-state index is -0.362. The zero-order valence-corrected chi connectivity index (χ0v) is 22.4. The number of carbonyl (C=O) groups excluding carboxylic acids is 1. The summed E-state index contributed by atoms with van der Waals surface area (Å²) in [5, 5.41) is 16.2. The molecule has 7 heteroatoms. The maximum absolute atomic E-state index is 12.3. The van der Waals surface area contributed by atoms with Gasteiger partial charge in [-0.3, -0.25) is 4.79 Å². The number of aliphatic hydroxyl groups excluding tert-OH is 1. The molecule has 1 rings (SSSR count). The van der Waals surface area contributed by atoms with Crippen LogP contribution in [0.1, 0.15) is 85.3 Å². The van der Waals surface area contributed by atoms with Crippen molar-refractivity contribution >= 4 is 5.91 Å². The van der Waals surface area contributed by atoms with Crippen LogP contribution in [0.5, 0.6) is 5.75 Å². The largest absolute Gasteiger partial charge is 0.467 e. The zero-order chi connectivity index (χ0) is 25.9. The first-order valence-electron chi connectivity index (χ1n) is 12.7. The van der Waals surface area contributed by atoms with Crippen LogP contribution < -0.4 is 15.8 Å². The van der Waals surface area contributed by atoms with E-state index >= 15 is 0 Å². The monoisotopic (exact) mass is 476 g/mol. The lowest BCUT2D eigenvalue weighted by Gasteiger charge is -2.29. The first kappa shape index (κ1) is 30.0. The van der Waals surface area contributed by atoms with E-state index in [0.717, 1.165) is 30.4 Å². The van der Waals surface area contributed by atoms with Gasteiger partial charge in [-0.15, -0.1) is 0 Å². The number of amides is 1. The lowest BCUT2D eigenvalue weighted by molar-refractivity contribution is -0.124. The third-order valence-electron chi connectivity index (χ3n) is 6.62. The highest BCUT2D eigenvalue weighted by atomic mass is 16.6. The summed E-state index contributed by atoms with van der Waals surface area (Å²) in [4.78, 5) is 12.3. The van der Waals surface area contributed by atoms with Crippen molar-refractivity contribution in [1.82, 2.24) is 5.32 Å². The summed E-state index contributed by atoms with van der Waals surface area (Å²) < 4.78 is 5.54. The Bertz CT molecular complexity index is 761. The van der Waals surface area contributed by atoms with E-state index in [0.29, 0.717) is 31.1 Å². The van der Waals surface area contributed by atoms with E-state index in [9.17, 15) is 9.90 Å². The Labute approximate surface area is 206 Å². The molecule has 194 valence electrons. The number of nitrogens with one attached hydrogen (secondary N) is 2. The molecule has 0 aromatic heterocycles. The van der Waals surface area contributed by atoms with Gasteiger partial charge >= 0.3 is 0 Å². The number of benzene rings is 1. The molecule has 0 fully saturated rings. The van der Waals surface area contributed by atoms with Crippen LogP contribution >= 0.6 is 0 Å². The molecule has 4 atom stereocenters. The fourth-order valence-corrected chi connectivity index (χ4v) is 4.26. The topological polar surface area (TPSA) is 121 Å². The molecule has 0 heterocycles. The van der Waals surface area contributed by atoms with Crippen LogP contribution in [0.4, 0.5) is 0 Å². The van der Waals surface area contributed by atoms with Gasteiger partial charge in [0.05, 0.1) is 6.04 Å². The predicted molar refractivity (Wildman–Crippen MR) is 138 cm³/mol. The summed E-state index contributed by atoms with van der Waals surface area (Å²) in [7, 11) is 0. The lowest BCUT2D eigenvalue weighted by Crippen LogP contribution is -2.40. The van der Waals surface area contributed by atoms with Gasteiger partial charge in [0.1, 0.15) is 5.75 Å². The van der Waals surface area contributed by atoms with Crippen molar-refractivity contribution in [3.05, 3.63) is 29.3 Å². The smallest absolute Gasteiger partial charge is 0.222 e. The Hall–Kier alpha value is -1.99. The normalized spacial score (nSPS) is 15.5. The highest BCUT2D eigenvalue weighted by Gasteiger charge is 2.28. The molecule has 7 nitrogen and oxygen atoms in total. The highest BCUT2D eigenvalue weighted by molar-refractivity contribution is 5.78. The highest BCUT2D eigenvalue weighted by Crippen LogP contribution is 2.34. The third kappa shape index (κ3) is 9.71. The van der Waals surface area contributed by atoms with Crippen molar-refractivity contribution in [2.24, 2.45) is 28.6 Å². The van der Waals surface area contributed by atoms with E-state index in [4.69, 9.17) is 16.0 Å². The molecule has 34 heavy (non-hydrogen) atoms. The average Bonchev–Trinajstić information content (AvgIpc) is 2.75. The molecule has 0 saturated heterocycles. The molecule has 1 aromatic rings. The maximum atomic E-state index is 12.3. The molecule has 0 aliphatic heterocycles. The van der Waals surface area contributed by atoms with Crippen LogP contribution in [-0.2, 0) is 16.6 Å². The number of aliphatic hydroxyl groups is 1. The van der Waals surface area contributed by atoms with E-state index in [2.05, 4.69) is 64.1 Å². The van der Waals surface area contributed by atoms with E-state index in [1.807, 2.05) is 13.0 Å². The second-order valence-electron chi connectivity index (χ2n) is 10.9. The SMILES string of the molecule is CCCCNC(=O)C(C)C[C@H](N)[C@H](C[C@H](Cc1ccc(C(C)(C)C)c(OCO)c1)C(C)C)N=N. The van der Waals surface area contributed by atoms with Crippen molar-refractivity contribution in [3.8, 4) is 5.75 Å². The second kappa shape index (κ2) is 14.4. The van der Waals surface area contributed by atoms with E-state index in [1.165, 1.54) is 0 Å². The minimum absolute atomic E-state index is 0.0170. The van der Waals surface area contributed by atoms with Crippen LogP contribution in [0.3, 0.4) is 0 Å². The predicted octanol–water partition coefficient (Wildman–Crippen LogP) is 5.19. The Morgan fingerprint density at radius 3 is 2.44 bits per heavy atom. The number of hydrogen-bond donors (Lipinski definition) is 4. The molecular weight excluding hydrogens is 428 g/mol. The van der Waals surface area contributed by atoms with Crippen molar-refractivity contribution in [2.75, 3.05) is 13.3 Å². The minimum Gasteiger partial charge on any atom is -0.467 e. The summed E-state index contributed by atoms with van der Waals surface area (Å²) >= 11 is 0. The van der Waals surface area contributed by atoms with Gasteiger partial charge in [-0.1, -0.05) is 67.0 Å². The van der Waals surface area contributed by atoms with E-state index in [-0.39, 0.29) is 42.0 Å². The van der Waals surface area contributed by atoms with Gasteiger partial charge in [-0.05, 0) is 60.1 Å².